The van der Waals surface area contributed by atoms with Crippen LogP contribution in [-0.2, 0) is 9.53 Å². The van der Waals surface area contributed by atoms with Gasteiger partial charge in [0.1, 0.15) is 0 Å². The van der Waals surface area contributed by atoms with Crippen molar-refractivity contribution in [1.29, 1.82) is 0 Å². The lowest BCUT2D eigenvalue weighted by Crippen LogP contribution is -2.19. The predicted molar refractivity (Wildman–Crippen MR) is 73.7 cm³/mol. The van der Waals surface area contributed by atoms with Crippen LogP contribution in [0.4, 0.5) is 5.69 Å². The number of methoxy groups -OCH3 is 1. The number of amides is 1. The number of hydrogen-bond acceptors (Lipinski definition) is 4. The lowest BCUT2D eigenvalue weighted by molar-refractivity contribution is -0.116. The zero-order chi connectivity index (χ0) is 14.3. The van der Waals surface area contributed by atoms with Crippen molar-refractivity contribution in [2.75, 3.05) is 19.0 Å². The van der Waals surface area contributed by atoms with Crippen molar-refractivity contribution in [2.45, 2.75) is 12.8 Å². The van der Waals surface area contributed by atoms with Crippen molar-refractivity contribution in [3.05, 3.63) is 28.8 Å². The van der Waals surface area contributed by atoms with Gasteiger partial charge in [0.25, 0.3) is 0 Å². The molecule has 7 heteroatoms. The van der Waals surface area contributed by atoms with Gasteiger partial charge in [-0.3, -0.25) is 4.79 Å². The summed E-state index contributed by atoms with van der Waals surface area (Å²) in [5, 5.41) is 14.7. The van der Waals surface area contributed by atoms with Gasteiger partial charge in [-0.25, -0.2) is 0 Å². The Kier molecular flexibility index (Phi) is 6.11. The fourth-order valence-electron chi connectivity index (χ4n) is 1.49. The van der Waals surface area contributed by atoms with Gasteiger partial charge in [-0.05, 0) is 24.6 Å². The van der Waals surface area contributed by atoms with Gasteiger partial charge in [-0.15, -0.1) is 0 Å². The van der Waals surface area contributed by atoms with Crippen molar-refractivity contribution < 1.29 is 14.7 Å². The second-order valence-electron chi connectivity index (χ2n) is 3.82. The van der Waals surface area contributed by atoms with E-state index in [-0.39, 0.29) is 11.7 Å². The molecule has 1 aromatic carbocycles. The first-order valence-corrected chi connectivity index (χ1v) is 6.02. The van der Waals surface area contributed by atoms with E-state index < -0.39 is 0 Å². The molecule has 1 aromatic rings. The summed E-state index contributed by atoms with van der Waals surface area (Å²) < 4.78 is 4.87. The number of carbonyl (C=O) groups is 1. The minimum atomic E-state index is -0.189. The molecule has 0 aliphatic heterocycles. The maximum atomic E-state index is 11.7. The molecule has 0 unspecified atom stereocenters. The SMILES string of the molecule is COCCCC(=O)Nc1cc(Cl)ccc1C(N)=NO. The number of nitrogens with two attached hydrogens (primary N) is 1. The summed E-state index contributed by atoms with van der Waals surface area (Å²) in [6.45, 7) is 0.510. The highest BCUT2D eigenvalue weighted by molar-refractivity contribution is 6.31. The molecule has 104 valence electrons. The van der Waals surface area contributed by atoms with E-state index in [1.54, 1.807) is 25.3 Å². The zero-order valence-electron chi connectivity index (χ0n) is 10.5. The number of ether oxygens (including phenoxy) is 1. The van der Waals surface area contributed by atoms with Crippen LogP contribution in [0.1, 0.15) is 18.4 Å². The fourth-order valence-corrected chi connectivity index (χ4v) is 1.66. The summed E-state index contributed by atoms with van der Waals surface area (Å²) >= 11 is 5.86. The Labute approximate surface area is 116 Å². The molecule has 0 bridgehead atoms. The van der Waals surface area contributed by atoms with Gasteiger partial charge in [0, 0.05) is 30.7 Å². The second kappa shape index (κ2) is 7.60. The number of benzene rings is 1. The molecular formula is C12H16ClN3O3. The molecule has 0 fully saturated rings. The number of nitrogens with one attached hydrogen (secondary N) is 1. The molecule has 1 rings (SSSR count). The van der Waals surface area contributed by atoms with Crippen LogP contribution >= 0.6 is 11.6 Å². The van der Waals surface area contributed by atoms with Crippen molar-refractivity contribution in [3.8, 4) is 0 Å². The van der Waals surface area contributed by atoms with Gasteiger partial charge >= 0.3 is 0 Å². The highest BCUT2D eigenvalue weighted by atomic mass is 35.5. The van der Waals surface area contributed by atoms with Crippen molar-refractivity contribution in [2.24, 2.45) is 10.9 Å². The summed E-state index contributed by atoms with van der Waals surface area (Å²) in [7, 11) is 1.57. The van der Waals surface area contributed by atoms with Gasteiger partial charge in [0.2, 0.25) is 5.91 Å². The second-order valence-corrected chi connectivity index (χ2v) is 4.26. The third-order valence-electron chi connectivity index (χ3n) is 2.39. The molecule has 0 atom stereocenters. The zero-order valence-corrected chi connectivity index (χ0v) is 11.3. The number of carbonyl (C=O) groups excluding carboxylic acids is 1. The predicted octanol–water partition coefficient (Wildman–Crippen LogP) is 1.80. The highest BCUT2D eigenvalue weighted by Gasteiger charge is 2.10. The van der Waals surface area contributed by atoms with E-state index in [1.807, 2.05) is 0 Å². The van der Waals surface area contributed by atoms with Crippen molar-refractivity contribution in [3.63, 3.8) is 0 Å². The lowest BCUT2D eigenvalue weighted by atomic mass is 10.1. The Morgan fingerprint density at radius 2 is 2.32 bits per heavy atom. The Morgan fingerprint density at radius 3 is 2.95 bits per heavy atom. The number of oxime groups is 1. The summed E-state index contributed by atoms with van der Waals surface area (Å²) in [5.74, 6) is -0.282. The minimum Gasteiger partial charge on any atom is -0.409 e. The average Bonchev–Trinajstić information content (AvgIpc) is 2.38. The highest BCUT2D eigenvalue weighted by Crippen LogP contribution is 2.21. The van der Waals surface area contributed by atoms with Gasteiger partial charge in [-0.1, -0.05) is 16.8 Å². The van der Waals surface area contributed by atoms with E-state index >= 15 is 0 Å². The molecule has 1 amide bonds. The fraction of sp³-hybridized carbons (Fsp3) is 0.333. The van der Waals surface area contributed by atoms with Crippen LogP contribution in [0.15, 0.2) is 23.4 Å². The van der Waals surface area contributed by atoms with E-state index in [9.17, 15) is 4.79 Å². The third kappa shape index (κ3) is 4.76. The van der Waals surface area contributed by atoms with Gasteiger partial charge in [0.05, 0.1) is 5.69 Å². The van der Waals surface area contributed by atoms with Crippen LogP contribution in [0.3, 0.4) is 0 Å². The molecular weight excluding hydrogens is 270 g/mol. The maximum Gasteiger partial charge on any atom is 0.224 e. The van der Waals surface area contributed by atoms with Crippen LogP contribution in [0.25, 0.3) is 0 Å². The molecule has 19 heavy (non-hydrogen) atoms. The van der Waals surface area contributed by atoms with Gasteiger partial charge in [0.15, 0.2) is 5.84 Å². The monoisotopic (exact) mass is 285 g/mol. The average molecular weight is 286 g/mol. The van der Waals surface area contributed by atoms with Crippen LogP contribution in [0, 0.1) is 0 Å². The topological polar surface area (TPSA) is 96.9 Å². The number of nitrogens with zero attached hydrogens (tertiary/aromatic N) is 1. The number of amidine groups is 1. The van der Waals surface area contributed by atoms with E-state index in [1.165, 1.54) is 0 Å². The van der Waals surface area contributed by atoms with E-state index in [2.05, 4.69) is 10.5 Å². The quantitative estimate of drug-likeness (QED) is 0.244. The van der Waals surface area contributed by atoms with Crippen LogP contribution in [-0.4, -0.2) is 30.7 Å². The minimum absolute atomic E-state index is 0.0936. The molecule has 6 nitrogen and oxygen atoms in total. The smallest absolute Gasteiger partial charge is 0.224 e. The molecule has 0 heterocycles. The van der Waals surface area contributed by atoms with E-state index in [0.29, 0.717) is 35.7 Å². The lowest BCUT2D eigenvalue weighted by Gasteiger charge is -2.10. The first kappa shape index (κ1) is 15.3. The Balaban J connectivity index is 2.81. The summed E-state index contributed by atoms with van der Waals surface area (Å²) in [5.41, 5.74) is 6.35. The van der Waals surface area contributed by atoms with Crippen molar-refractivity contribution >= 4 is 29.0 Å². The van der Waals surface area contributed by atoms with E-state index in [0.717, 1.165) is 0 Å². The standard InChI is InChI=1S/C12H16ClN3O3/c1-19-6-2-3-11(17)15-10-7-8(13)4-5-9(10)12(14)16-18/h4-5,7,18H,2-3,6H2,1H3,(H2,14,16)(H,15,17). The van der Waals surface area contributed by atoms with Gasteiger partial charge in [-0.2, -0.15) is 0 Å². The molecule has 0 aromatic heterocycles. The summed E-state index contributed by atoms with van der Waals surface area (Å²) in [6, 6.07) is 4.71. The Bertz CT molecular complexity index is 477. The Hall–Kier alpha value is -1.79. The first-order chi connectivity index (χ1) is 9.08. The van der Waals surface area contributed by atoms with Crippen molar-refractivity contribution in [1.82, 2.24) is 0 Å². The molecule has 0 saturated carbocycles. The van der Waals surface area contributed by atoms with Gasteiger partial charge < -0.3 is 21.0 Å². The Morgan fingerprint density at radius 1 is 1.58 bits per heavy atom. The molecule has 0 spiro atoms. The molecule has 0 radical (unpaired) electrons. The molecule has 0 saturated heterocycles. The van der Waals surface area contributed by atoms with Crippen LogP contribution < -0.4 is 11.1 Å². The molecule has 0 aliphatic rings. The maximum absolute atomic E-state index is 11.7. The van der Waals surface area contributed by atoms with Crippen LogP contribution in [0.5, 0.6) is 0 Å². The molecule has 4 N–H and O–H groups in total. The number of hydrogen-bond donors (Lipinski definition) is 3. The summed E-state index contributed by atoms with van der Waals surface area (Å²) in [4.78, 5) is 11.7. The van der Waals surface area contributed by atoms with E-state index in [4.69, 9.17) is 27.3 Å². The van der Waals surface area contributed by atoms with Crippen LogP contribution in [0.2, 0.25) is 5.02 Å². The largest absolute Gasteiger partial charge is 0.409 e. The first-order valence-electron chi connectivity index (χ1n) is 5.64. The third-order valence-corrected chi connectivity index (χ3v) is 2.63. The summed E-state index contributed by atoms with van der Waals surface area (Å²) in [6.07, 6.45) is 0.928. The number of halogens is 1. The molecule has 0 aliphatic carbocycles. The number of rotatable bonds is 6. The normalized spacial score (nSPS) is 11.4. The number of anilines is 1.